The molecule has 0 aliphatic carbocycles. The van der Waals surface area contributed by atoms with Crippen molar-refractivity contribution in [2.75, 3.05) is 0 Å². The molecular weight excluding hydrogens is 270 g/mol. The van der Waals surface area contributed by atoms with Crippen LogP contribution in [0.15, 0.2) is 42.5 Å². The van der Waals surface area contributed by atoms with Crippen LogP contribution in [0.1, 0.15) is 5.56 Å². The molecular formula is C13H10ClNO4. The minimum Gasteiger partial charge on any atom is -0.508 e. The summed E-state index contributed by atoms with van der Waals surface area (Å²) in [6.07, 6.45) is 0. The van der Waals surface area contributed by atoms with E-state index in [0.29, 0.717) is 11.3 Å². The summed E-state index contributed by atoms with van der Waals surface area (Å²) in [4.78, 5) is 10.1. The van der Waals surface area contributed by atoms with Gasteiger partial charge in [0.15, 0.2) is 0 Å². The smallest absolute Gasteiger partial charge is 0.270 e. The van der Waals surface area contributed by atoms with Gasteiger partial charge in [-0.3, -0.25) is 10.1 Å². The largest absolute Gasteiger partial charge is 0.508 e. The highest BCUT2D eigenvalue weighted by Gasteiger charge is 2.09. The standard InChI is InChI=1S/C13H10ClNO4/c14-13-6-10(15(17)18)5-4-9(13)8-19-12-3-1-2-11(16)7-12/h1-7,16H,8H2. The first-order valence-corrected chi connectivity index (χ1v) is 5.79. The van der Waals surface area contributed by atoms with Gasteiger partial charge in [-0.05, 0) is 18.2 Å². The summed E-state index contributed by atoms with van der Waals surface area (Å²) in [5.74, 6) is 0.599. The van der Waals surface area contributed by atoms with Gasteiger partial charge in [0.1, 0.15) is 18.1 Å². The topological polar surface area (TPSA) is 72.6 Å². The number of rotatable bonds is 4. The fraction of sp³-hybridized carbons (Fsp3) is 0.0769. The molecule has 2 rings (SSSR count). The van der Waals surface area contributed by atoms with Crippen molar-refractivity contribution in [2.45, 2.75) is 6.61 Å². The number of hydrogen-bond acceptors (Lipinski definition) is 4. The Labute approximate surface area is 114 Å². The number of halogens is 1. The maximum atomic E-state index is 10.6. The lowest BCUT2D eigenvalue weighted by Crippen LogP contribution is -1.97. The molecule has 0 spiro atoms. The maximum absolute atomic E-state index is 10.6. The average Bonchev–Trinajstić information content (AvgIpc) is 2.37. The van der Waals surface area contributed by atoms with E-state index in [1.54, 1.807) is 18.2 Å². The Hall–Kier alpha value is -2.27. The normalized spacial score (nSPS) is 10.2. The zero-order valence-corrected chi connectivity index (χ0v) is 10.5. The van der Waals surface area contributed by atoms with Crippen molar-refractivity contribution in [3.05, 3.63) is 63.2 Å². The molecule has 2 aromatic carbocycles. The van der Waals surface area contributed by atoms with Crippen molar-refractivity contribution in [1.29, 1.82) is 0 Å². The van der Waals surface area contributed by atoms with E-state index < -0.39 is 4.92 Å². The maximum Gasteiger partial charge on any atom is 0.270 e. The van der Waals surface area contributed by atoms with Crippen LogP contribution in [-0.4, -0.2) is 10.0 Å². The number of non-ortho nitro benzene ring substituents is 1. The van der Waals surface area contributed by atoms with Crippen molar-refractivity contribution < 1.29 is 14.8 Å². The lowest BCUT2D eigenvalue weighted by Gasteiger charge is -2.07. The predicted molar refractivity (Wildman–Crippen MR) is 70.5 cm³/mol. The van der Waals surface area contributed by atoms with Gasteiger partial charge in [0, 0.05) is 23.8 Å². The molecule has 0 radical (unpaired) electrons. The van der Waals surface area contributed by atoms with E-state index >= 15 is 0 Å². The predicted octanol–water partition coefficient (Wildman–Crippen LogP) is 3.53. The van der Waals surface area contributed by atoms with Gasteiger partial charge in [0.05, 0.1) is 9.95 Å². The molecule has 2 aromatic rings. The van der Waals surface area contributed by atoms with Crippen molar-refractivity contribution in [3.8, 4) is 11.5 Å². The first kappa shape index (κ1) is 13.2. The van der Waals surface area contributed by atoms with Crippen LogP contribution in [0, 0.1) is 10.1 Å². The summed E-state index contributed by atoms with van der Waals surface area (Å²) in [5.41, 5.74) is 0.571. The summed E-state index contributed by atoms with van der Waals surface area (Å²) in [5, 5.41) is 20.1. The lowest BCUT2D eigenvalue weighted by atomic mass is 10.2. The summed E-state index contributed by atoms with van der Waals surface area (Å²) in [7, 11) is 0. The first-order chi connectivity index (χ1) is 9.06. The number of ether oxygens (including phenoxy) is 1. The molecule has 0 saturated heterocycles. The Morgan fingerprint density at radius 2 is 2.05 bits per heavy atom. The zero-order chi connectivity index (χ0) is 13.8. The Morgan fingerprint density at radius 1 is 1.26 bits per heavy atom. The van der Waals surface area contributed by atoms with Crippen molar-refractivity contribution in [3.63, 3.8) is 0 Å². The molecule has 5 nitrogen and oxygen atoms in total. The van der Waals surface area contributed by atoms with Gasteiger partial charge in [-0.15, -0.1) is 0 Å². The molecule has 0 unspecified atom stereocenters. The minimum absolute atomic E-state index is 0.0638. The van der Waals surface area contributed by atoms with Crippen LogP contribution in [-0.2, 0) is 6.61 Å². The van der Waals surface area contributed by atoms with Crippen molar-refractivity contribution >= 4 is 17.3 Å². The molecule has 0 fully saturated rings. The van der Waals surface area contributed by atoms with Gasteiger partial charge in [-0.25, -0.2) is 0 Å². The van der Waals surface area contributed by atoms with Crippen molar-refractivity contribution in [2.24, 2.45) is 0 Å². The van der Waals surface area contributed by atoms with E-state index in [9.17, 15) is 15.2 Å². The second-order valence-corrected chi connectivity index (χ2v) is 4.23. The fourth-order valence-electron chi connectivity index (χ4n) is 1.50. The number of benzene rings is 2. The molecule has 0 saturated carbocycles. The van der Waals surface area contributed by atoms with Gasteiger partial charge in [-0.1, -0.05) is 17.7 Å². The molecule has 0 amide bonds. The molecule has 6 heteroatoms. The molecule has 0 aliphatic heterocycles. The number of aromatic hydroxyl groups is 1. The van der Waals surface area contributed by atoms with Gasteiger partial charge >= 0.3 is 0 Å². The number of phenols is 1. The number of phenolic OH excluding ortho intramolecular Hbond substituents is 1. The van der Waals surface area contributed by atoms with Gasteiger partial charge in [0.25, 0.3) is 5.69 Å². The molecule has 98 valence electrons. The van der Waals surface area contributed by atoms with Crippen LogP contribution in [0.4, 0.5) is 5.69 Å². The third-order valence-electron chi connectivity index (χ3n) is 2.46. The summed E-state index contributed by atoms with van der Waals surface area (Å²) in [6.45, 7) is 0.167. The van der Waals surface area contributed by atoms with Crippen LogP contribution >= 0.6 is 11.6 Å². The number of nitro groups is 1. The number of hydrogen-bond donors (Lipinski definition) is 1. The molecule has 0 bridgehead atoms. The lowest BCUT2D eigenvalue weighted by molar-refractivity contribution is -0.384. The highest BCUT2D eigenvalue weighted by Crippen LogP contribution is 2.24. The van der Waals surface area contributed by atoms with Crippen LogP contribution in [0.3, 0.4) is 0 Å². The molecule has 0 atom stereocenters. The molecule has 0 heterocycles. The van der Waals surface area contributed by atoms with E-state index in [1.165, 1.54) is 24.3 Å². The second-order valence-electron chi connectivity index (χ2n) is 3.82. The van der Waals surface area contributed by atoms with Crippen LogP contribution < -0.4 is 4.74 Å². The van der Waals surface area contributed by atoms with E-state index in [-0.39, 0.29) is 23.1 Å². The third kappa shape index (κ3) is 3.35. The Kier molecular flexibility index (Phi) is 3.87. The zero-order valence-electron chi connectivity index (χ0n) is 9.75. The summed E-state index contributed by atoms with van der Waals surface area (Å²) < 4.78 is 5.44. The van der Waals surface area contributed by atoms with Crippen LogP contribution in [0.25, 0.3) is 0 Å². The highest BCUT2D eigenvalue weighted by molar-refractivity contribution is 6.31. The summed E-state index contributed by atoms with van der Waals surface area (Å²) in [6, 6.07) is 10.5. The highest BCUT2D eigenvalue weighted by atomic mass is 35.5. The molecule has 0 aromatic heterocycles. The molecule has 1 N–H and O–H groups in total. The van der Waals surface area contributed by atoms with E-state index in [1.807, 2.05) is 0 Å². The first-order valence-electron chi connectivity index (χ1n) is 5.41. The third-order valence-corrected chi connectivity index (χ3v) is 2.81. The van der Waals surface area contributed by atoms with Crippen LogP contribution in [0.5, 0.6) is 11.5 Å². The SMILES string of the molecule is O=[N+]([O-])c1ccc(COc2cccc(O)c2)c(Cl)c1. The van der Waals surface area contributed by atoms with Crippen LogP contribution in [0.2, 0.25) is 5.02 Å². The summed E-state index contributed by atoms with van der Waals surface area (Å²) >= 11 is 5.94. The quantitative estimate of drug-likeness (QED) is 0.686. The van der Waals surface area contributed by atoms with Gasteiger partial charge < -0.3 is 9.84 Å². The van der Waals surface area contributed by atoms with E-state index in [2.05, 4.69) is 0 Å². The van der Waals surface area contributed by atoms with Gasteiger partial charge in [0.2, 0.25) is 0 Å². The van der Waals surface area contributed by atoms with Gasteiger partial charge in [-0.2, -0.15) is 0 Å². The number of nitrogens with zero attached hydrogens (tertiary/aromatic N) is 1. The number of nitro benzene ring substituents is 1. The fourth-order valence-corrected chi connectivity index (χ4v) is 1.73. The molecule has 19 heavy (non-hydrogen) atoms. The minimum atomic E-state index is -0.508. The Bertz CT molecular complexity index is 615. The van der Waals surface area contributed by atoms with Crippen molar-refractivity contribution in [1.82, 2.24) is 0 Å². The van der Waals surface area contributed by atoms with E-state index in [4.69, 9.17) is 16.3 Å². The molecule has 0 aliphatic rings. The Morgan fingerprint density at radius 3 is 2.68 bits per heavy atom. The van der Waals surface area contributed by atoms with E-state index in [0.717, 1.165) is 0 Å². The Balaban J connectivity index is 2.10. The average molecular weight is 280 g/mol. The monoisotopic (exact) mass is 279 g/mol. The second kappa shape index (κ2) is 5.58.